The van der Waals surface area contributed by atoms with Gasteiger partial charge in [-0.05, 0) is 49.8 Å². The summed E-state index contributed by atoms with van der Waals surface area (Å²) in [6, 6.07) is 16.6. The Kier molecular flexibility index (Phi) is 7.16. The zero-order valence-electron chi connectivity index (χ0n) is 20.2. The molecule has 1 aliphatic heterocycles. The Morgan fingerprint density at radius 1 is 1.09 bits per heavy atom. The first kappa shape index (κ1) is 23.2. The number of H-pyrrole nitrogens is 1. The monoisotopic (exact) mass is 475 g/mol. The molecule has 1 N–H and O–H groups in total. The lowest BCUT2D eigenvalue weighted by atomic mass is 10.0. The van der Waals surface area contributed by atoms with Crippen LogP contribution in [0.4, 0.5) is 5.69 Å². The van der Waals surface area contributed by atoms with Gasteiger partial charge in [-0.2, -0.15) is 0 Å². The summed E-state index contributed by atoms with van der Waals surface area (Å²) in [5.74, 6) is 2.24. The van der Waals surface area contributed by atoms with E-state index < -0.39 is 0 Å². The fraction of sp³-hybridized carbons (Fsp3) is 0.444. The van der Waals surface area contributed by atoms with Gasteiger partial charge >= 0.3 is 0 Å². The summed E-state index contributed by atoms with van der Waals surface area (Å²) in [5, 5.41) is 7.81. The average molecular weight is 476 g/mol. The van der Waals surface area contributed by atoms with Gasteiger partial charge in [-0.25, -0.2) is 0 Å². The van der Waals surface area contributed by atoms with Crippen LogP contribution in [0.25, 0.3) is 0 Å². The van der Waals surface area contributed by atoms with Gasteiger partial charge in [0.2, 0.25) is 5.91 Å². The molecular formula is C27H33N5O3. The topological polar surface area (TPSA) is 83.6 Å². The van der Waals surface area contributed by atoms with E-state index in [-0.39, 0.29) is 24.5 Å². The number of aromatic nitrogens is 3. The van der Waals surface area contributed by atoms with Gasteiger partial charge in [-0.1, -0.05) is 30.3 Å². The smallest absolute Gasteiger partial charge is 0.230 e. The molecule has 1 saturated heterocycles. The van der Waals surface area contributed by atoms with Crippen LogP contribution in [0.3, 0.4) is 0 Å². The summed E-state index contributed by atoms with van der Waals surface area (Å²) in [7, 11) is 1.69. The van der Waals surface area contributed by atoms with Gasteiger partial charge in [0.1, 0.15) is 12.2 Å². The number of hydrogen-bond donors (Lipinski definition) is 1. The molecule has 8 heteroatoms. The summed E-state index contributed by atoms with van der Waals surface area (Å²) in [5.41, 5.74) is 2.32. The second kappa shape index (κ2) is 10.8. The van der Waals surface area contributed by atoms with Crippen molar-refractivity contribution in [1.82, 2.24) is 20.1 Å². The molecule has 1 saturated carbocycles. The minimum absolute atomic E-state index is 0.0443. The largest absolute Gasteiger partial charge is 0.493 e. The minimum atomic E-state index is 0.0443. The number of piperazine rings is 1. The van der Waals surface area contributed by atoms with Gasteiger partial charge in [-0.3, -0.25) is 4.79 Å². The first-order valence-corrected chi connectivity index (χ1v) is 12.5. The molecule has 0 bridgehead atoms. The van der Waals surface area contributed by atoms with Gasteiger partial charge in [0.25, 0.3) is 0 Å². The zero-order valence-corrected chi connectivity index (χ0v) is 20.2. The number of aromatic amines is 1. The van der Waals surface area contributed by atoms with Crippen LogP contribution in [0.5, 0.6) is 11.5 Å². The highest BCUT2D eigenvalue weighted by Crippen LogP contribution is 2.35. The van der Waals surface area contributed by atoms with Crippen molar-refractivity contribution in [3.8, 4) is 11.5 Å². The molecule has 1 aliphatic carbocycles. The predicted octanol–water partition coefficient (Wildman–Crippen LogP) is 3.64. The first-order chi connectivity index (χ1) is 17.2. The molecule has 1 aromatic heterocycles. The SMILES string of the molecule is COc1ccc(N2CCN(C(=O)Cc3nnc[nH]3)C(Cc3ccccc3)C2)cc1OC1CCCC1. The lowest BCUT2D eigenvalue weighted by Gasteiger charge is -2.43. The average Bonchev–Trinajstić information content (AvgIpc) is 3.59. The summed E-state index contributed by atoms with van der Waals surface area (Å²) in [6.07, 6.45) is 7.42. The molecule has 5 rings (SSSR count). The summed E-state index contributed by atoms with van der Waals surface area (Å²) >= 11 is 0. The van der Waals surface area contributed by atoms with Crippen LogP contribution in [0.1, 0.15) is 37.1 Å². The van der Waals surface area contributed by atoms with Gasteiger partial charge in [0.15, 0.2) is 11.5 Å². The van der Waals surface area contributed by atoms with Crippen LogP contribution >= 0.6 is 0 Å². The lowest BCUT2D eigenvalue weighted by molar-refractivity contribution is -0.133. The van der Waals surface area contributed by atoms with Crippen molar-refractivity contribution in [3.63, 3.8) is 0 Å². The molecule has 0 radical (unpaired) electrons. The fourth-order valence-electron chi connectivity index (χ4n) is 5.18. The molecule has 1 atom stereocenters. The van der Waals surface area contributed by atoms with E-state index in [1.807, 2.05) is 29.2 Å². The minimum Gasteiger partial charge on any atom is -0.493 e. The van der Waals surface area contributed by atoms with E-state index in [1.54, 1.807) is 7.11 Å². The van der Waals surface area contributed by atoms with Crippen LogP contribution in [0, 0.1) is 0 Å². The van der Waals surface area contributed by atoms with Crippen molar-refractivity contribution in [2.45, 2.75) is 50.7 Å². The molecule has 1 unspecified atom stereocenters. The molecule has 2 aromatic carbocycles. The second-order valence-corrected chi connectivity index (χ2v) is 9.35. The van der Waals surface area contributed by atoms with Crippen LogP contribution in [-0.4, -0.2) is 64.9 Å². The number of amides is 1. The molecule has 35 heavy (non-hydrogen) atoms. The predicted molar refractivity (Wildman–Crippen MR) is 134 cm³/mol. The Bertz CT molecular complexity index is 1100. The Labute approximate surface area is 206 Å². The Morgan fingerprint density at radius 2 is 1.91 bits per heavy atom. The Morgan fingerprint density at radius 3 is 2.66 bits per heavy atom. The number of anilines is 1. The van der Waals surface area contributed by atoms with E-state index in [4.69, 9.17) is 9.47 Å². The quantitative estimate of drug-likeness (QED) is 0.536. The molecule has 184 valence electrons. The molecule has 8 nitrogen and oxygen atoms in total. The summed E-state index contributed by atoms with van der Waals surface area (Å²) in [4.78, 5) is 20.5. The highest BCUT2D eigenvalue weighted by molar-refractivity contribution is 5.78. The summed E-state index contributed by atoms with van der Waals surface area (Å²) in [6.45, 7) is 2.14. The first-order valence-electron chi connectivity index (χ1n) is 12.5. The van der Waals surface area contributed by atoms with Gasteiger partial charge < -0.3 is 24.3 Å². The molecule has 0 spiro atoms. The molecule has 2 fully saturated rings. The highest BCUT2D eigenvalue weighted by Gasteiger charge is 2.31. The fourth-order valence-corrected chi connectivity index (χ4v) is 5.18. The number of methoxy groups -OCH3 is 1. The van der Waals surface area contributed by atoms with E-state index in [9.17, 15) is 4.79 Å². The molecule has 1 amide bonds. The molecule has 3 aromatic rings. The van der Waals surface area contributed by atoms with E-state index >= 15 is 0 Å². The van der Waals surface area contributed by atoms with Crippen molar-refractivity contribution < 1.29 is 14.3 Å². The second-order valence-electron chi connectivity index (χ2n) is 9.35. The number of benzene rings is 2. The third-order valence-electron chi connectivity index (χ3n) is 7.01. The molecular weight excluding hydrogens is 442 g/mol. The maximum Gasteiger partial charge on any atom is 0.230 e. The number of rotatable bonds is 8. The lowest BCUT2D eigenvalue weighted by Crippen LogP contribution is -2.56. The van der Waals surface area contributed by atoms with E-state index in [0.717, 1.165) is 49.5 Å². The van der Waals surface area contributed by atoms with E-state index in [2.05, 4.69) is 44.3 Å². The number of carbonyl (C=O) groups is 1. The van der Waals surface area contributed by atoms with Gasteiger partial charge in [0.05, 0.1) is 25.7 Å². The number of hydrogen-bond acceptors (Lipinski definition) is 6. The zero-order chi connectivity index (χ0) is 24.0. The number of nitrogens with zero attached hydrogens (tertiary/aromatic N) is 4. The number of carbonyl (C=O) groups excluding carboxylic acids is 1. The van der Waals surface area contributed by atoms with Crippen molar-refractivity contribution in [3.05, 3.63) is 66.2 Å². The van der Waals surface area contributed by atoms with Crippen LogP contribution in [0.2, 0.25) is 0 Å². The van der Waals surface area contributed by atoms with Gasteiger partial charge in [-0.15, -0.1) is 10.2 Å². The Hall–Kier alpha value is -3.55. The maximum absolute atomic E-state index is 13.2. The van der Waals surface area contributed by atoms with Crippen LogP contribution in [-0.2, 0) is 17.6 Å². The van der Waals surface area contributed by atoms with Gasteiger partial charge in [0, 0.05) is 31.4 Å². The van der Waals surface area contributed by atoms with Crippen LogP contribution in [0.15, 0.2) is 54.9 Å². The third kappa shape index (κ3) is 5.58. The van der Waals surface area contributed by atoms with Crippen molar-refractivity contribution >= 4 is 11.6 Å². The number of ether oxygens (including phenoxy) is 2. The number of nitrogens with one attached hydrogen (secondary N) is 1. The maximum atomic E-state index is 13.2. The molecule has 2 aliphatic rings. The van der Waals surface area contributed by atoms with Crippen LogP contribution < -0.4 is 14.4 Å². The summed E-state index contributed by atoms with van der Waals surface area (Å²) < 4.78 is 11.9. The van der Waals surface area contributed by atoms with E-state index in [1.165, 1.54) is 24.7 Å². The normalized spacial score (nSPS) is 18.6. The van der Waals surface area contributed by atoms with E-state index in [0.29, 0.717) is 12.4 Å². The van der Waals surface area contributed by atoms with Crippen molar-refractivity contribution in [2.75, 3.05) is 31.6 Å². The standard InChI is InChI=1S/C27H33N5O3/c1-34-24-12-11-21(16-25(24)35-23-9-5-6-10-23)31-13-14-32(27(33)17-26-28-19-29-30-26)22(18-31)15-20-7-3-2-4-8-20/h2-4,7-8,11-12,16,19,22-23H,5-6,9-10,13-15,17-18H2,1H3,(H,28,29,30). The third-order valence-corrected chi connectivity index (χ3v) is 7.01. The van der Waals surface area contributed by atoms with Crippen molar-refractivity contribution in [2.24, 2.45) is 0 Å². The molecule has 2 heterocycles. The Balaban J connectivity index is 1.35. The van der Waals surface area contributed by atoms with Crippen molar-refractivity contribution in [1.29, 1.82) is 0 Å². The highest BCUT2D eigenvalue weighted by atomic mass is 16.5.